The van der Waals surface area contributed by atoms with Crippen LogP contribution in [0.3, 0.4) is 0 Å². The van der Waals surface area contributed by atoms with Gasteiger partial charge in [-0.2, -0.15) is 23.3 Å². The summed E-state index contributed by atoms with van der Waals surface area (Å²) < 4.78 is 44.7. The molecule has 160 valence electrons. The van der Waals surface area contributed by atoms with Crippen LogP contribution in [-0.4, -0.2) is 32.4 Å². The highest BCUT2D eigenvalue weighted by Gasteiger charge is 2.30. The van der Waals surface area contributed by atoms with Gasteiger partial charge < -0.3 is 9.84 Å². The maximum atomic E-state index is 12.6. The highest BCUT2D eigenvalue weighted by molar-refractivity contribution is 6.31. The molecule has 0 spiro atoms. The third-order valence-electron chi connectivity index (χ3n) is 4.59. The van der Waals surface area contributed by atoms with Gasteiger partial charge in [0.25, 0.3) is 0 Å². The minimum atomic E-state index is -4.43. The molecule has 0 bridgehead atoms. The minimum absolute atomic E-state index is 0.00175. The molecule has 0 aliphatic rings. The van der Waals surface area contributed by atoms with E-state index in [9.17, 15) is 18.0 Å². The number of hydrogen-bond acceptors (Lipinski definition) is 5. The Balaban J connectivity index is 1.58. The van der Waals surface area contributed by atoms with Gasteiger partial charge in [-0.05, 0) is 39.3 Å². The number of alkyl halides is 3. The maximum absolute atomic E-state index is 12.6. The zero-order chi connectivity index (χ0) is 22.1. The number of aryl methyl sites for hydroxylation is 1. The van der Waals surface area contributed by atoms with Crippen LogP contribution in [0.4, 0.5) is 13.2 Å². The van der Waals surface area contributed by atoms with Crippen molar-refractivity contribution in [2.24, 2.45) is 0 Å². The summed E-state index contributed by atoms with van der Waals surface area (Å²) >= 11 is 6.15. The van der Waals surface area contributed by atoms with Crippen molar-refractivity contribution in [2.45, 2.75) is 39.4 Å². The molecule has 2 aromatic heterocycles. The Morgan fingerprint density at radius 3 is 2.50 bits per heavy atom. The molecule has 1 aromatic carbocycles. The molecule has 0 fully saturated rings. The second-order valence-electron chi connectivity index (χ2n) is 6.82. The van der Waals surface area contributed by atoms with Crippen LogP contribution in [0.5, 0.6) is 0 Å². The minimum Gasteiger partial charge on any atom is -0.348 e. The molecule has 3 aromatic rings. The number of nitrogens with zero attached hydrogens (tertiary/aromatic N) is 4. The van der Waals surface area contributed by atoms with Gasteiger partial charge in [-0.15, -0.1) is 0 Å². The SMILES string of the molecule is Cc1nn([C@H](C)CCNC(=O)c2nc(-c3ccc(C(F)(F)F)cc3)no2)c(C)c1Cl. The zero-order valence-corrected chi connectivity index (χ0v) is 17.2. The number of amides is 1. The van der Waals surface area contributed by atoms with E-state index in [0.29, 0.717) is 23.6 Å². The molecule has 1 N–H and O–H groups in total. The standard InChI is InChI=1S/C19H19ClF3N5O2/c1-10(28-12(3)15(20)11(2)26-28)8-9-24-17(29)18-25-16(27-30-18)13-4-6-14(7-5-13)19(21,22)23/h4-7,10H,8-9H2,1-3H3,(H,24,29)/t10-/m1/s1. The Bertz CT molecular complexity index is 1040. The Morgan fingerprint density at radius 1 is 1.27 bits per heavy atom. The quantitative estimate of drug-likeness (QED) is 0.604. The smallest absolute Gasteiger partial charge is 0.348 e. The Kier molecular flexibility index (Phi) is 6.16. The monoisotopic (exact) mass is 441 g/mol. The number of carbonyl (C=O) groups is 1. The Labute approximate surface area is 175 Å². The lowest BCUT2D eigenvalue weighted by atomic mass is 10.1. The van der Waals surface area contributed by atoms with Crippen molar-refractivity contribution in [3.63, 3.8) is 0 Å². The van der Waals surface area contributed by atoms with E-state index in [2.05, 4.69) is 20.6 Å². The van der Waals surface area contributed by atoms with E-state index in [4.69, 9.17) is 16.1 Å². The summed E-state index contributed by atoms with van der Waals surface area (Å²) in [6.07, 6.45) is -3.85. The largest absolute Gasteiger partial charge is 0.416 e. The summed E-state index contributed by atoms with van der Waals surface area (Å²) in [6, 6.07) is 4.27. The second kappa shape index (κ2) is 8.47. The molecule has 0 saturated heterocycles. The number of halogens is 4. The summed E-state index contributed by atoms with van der Waals surface area (Å²) in [5, 5.41) is 11.3. The molecule has 1 amide bonds. The predicted molar refractivity (Wildman–Crippen MR) is 103 cm³/mol. The van der Waals surface area contributed by atoms with E-state index in [1.165, 1.54) is 12.1 Å². The van der Waals surface area contributed by atoms with Crippen LogP contribution in [0.2, 0.25) is 5.02 Å². The molecule has 11 heteroatoms. The molecule has 30 heavy (non-hydrogen) atoms. The summed E-state index contributed by atoms with van der Waals surface area (Å²) in [6.45, 7) is 5.98. The lowest BCUT2D eigenvalue weighted by molar-refractivity contribution is -0.137. The van der Waals surface area contributed by atoms with Crippen LogP contribution in [0, 0.1) is 13.8 Å². The fourth-order valence-corrected chi connectivity index (χ4v) is 3.03. The number of aromatic nitrogens is 4. The summed E-state index contributed by atoms with van der Waals surface area (Å²) in [7, 11) is 0. The molecule has 0 aliphatic heterocycles. The van der Waals surface area contributed by atoms with Crippen LogP contribution in [0.15, 0.2) is 28.8 Å². The van der Waals surface area contributed by atoms with Gasteiger partial charge in [0, 0.05) is 12.1 Å². The van der Waals surface area contributed by atoms with E-state index in [0.717, 1.165) is 23.5 Å². The van der Waals surface area contributed by atoms with Gasteiger partial charge in [-0.25, -0.2) is 0 Å². The van der Waals surface area contributed by atoms with Crippen molar-refractivity contribution in [3.05, 3.63) is 52.1 Å². The number of nitrogens with one attached hydrogen (secondary N) is 1. The summed E-state index contributed by atoms with van der Waals surface area (Å²) in [5.41, 5.74) is 1.12. The first kappa shape index (κ1) is 21.8. The van der Waals surface area contributed by atoms with Crippen molar-refractivity contribution in [2.75, 3.05) is 6.54 Å². The lowest BCUT2D eigenvalue weighted by Crippen LogP contribution is -2.26. The van der Waals surface area contributed by atoms with Gasteiger partial charge in [0.2, 0.25) is 5.82 Å². The number of hydrogen-bond donors (Lipinski definition) is 1. The Hall–Kier alpha value is -2.88. The van der Waals surface area contributed by atoms with Crippen molar-refractivity contribution in [1.29, 1.82) is 0 Å². The van der Waals surface area contributed by atoms with E-state index in [1.54, 1.807) is 4.68 Å². The number of carbonyl (C=O) groups excluding carboxylic acids is 1. The summed E-state index contributed by atoms with van der Waals surface area (Å²) in [5.74, 6) is -0.814. The van der Waals surface area contributed by atoms with E-state index in [1.807, 2.05) is 20.8 Å². The van der Waals surface area contributed by atoms with Gasteiger partial charge in [0.1, 0.15) is 0 Å². The number of rotatable bonds is 6. The molecule has 2 heterocycles. The van der Waals surface area contributed by atoms with Crippen LogP contribution in [0.1, 0.15) is 47.0 Å². The normalized spacial score (nSPS) is 12.8. The predicted octanol–water partition coefficient (Wildman–Crippen LogP) is 4.60. The topological polar surface area (TPSA) is 85.8 Å². The first-order chi connectivity index (χ1) is 14.1. The van der Waals surface area contributed by atoms with E-state index < -0.39 is 17.6 Å². The molecule has 1 atom stereocenters. The first-order valence-corrected chi connectivity index (χ1v) is 9.46. The molecular weight excluding hydrogens is 423 g/mol. The molecule has 0 unspecified atom stereocenters. The first-order valence-electron chi connectivity index (χ1n) is 9.08. The summed E-state index contributed by atoms with van der Waals surface area (Å²) in [4.78, 5) is 16.2. The van der Waals surface area contributed by atoms with E-state index in [-0.39, 0.29) is 17.8 Å². The fraction of sp³-hybridized carbons (Fsp3) is 0.368. The van der Waals surface area contributed by atoms with Crippen molar-refractivity contribution in [1.82, 2.24) is 25.2 Å². The Morgan fingerprint density at radius 2 is 1.93 bits per heavy atom. The molecule has 3 rings (SSSR count). The van der Waals surface area contributed by atoms with Crippen LogP contribution >= 0.6 is 11.6 Å². The average Bonchev–Trinajstić information content (AvgIpc) is 3.29. The van der Waals surface area contributed by atoms with Crippen LogP contribution < -0.4 is 5.32 Å². The van der Waals surface area contributed by atoms with Crippen molar-refractivity contribution in [3.8, 4) is 11.4 Å². The van der Waals surface area contributed by atoms with Gasteiger partial charge in [-0.3, -0.25) is 9.48 Å². The molecule has 0 radical (unpaired) electrons. The second-order valence-corrected chi connectivity index (χ2v) is 7.20. The number of benzene rings is 1. The maximum Gasteiger partial charge on any atom is 0.416 e. The molecule has 0 aliphatic carbocycles. The molecule has 0 saturated carbocycles. The molecule has 7 nitrogen and oxygen atoms in total. The zero-order valence-electron chi connectivity index (χ0n) is 16.4. The average molecular weight is 442 g/mol. The van der Waals surface area contributed by atoms with Crippen LogP contribution in [-0.2, 0) is 6.18 Å². The van der Waals surface area contributed by atoms with Gasteiger partial charge in [-0.1, -0.05) is 28.9 Å². The van der Waals surface area contributed by atoms with Gasteiger partial charge in [0.05, 0.1) is 28.0 Å². The van der Waals surface area contributed by atoms with Crippen molar-refractivity contribution >= 4 is 17.5 Å². The third kappa shape index (κ3) is 4.64. The fourth-order valence-electron chi connectivity index (χ4n) is 2.91. The molecular formula is C19H19ClF3N5O2. The van der Waals surface area contributed by atoms with Gasteiger partial charge >= 0.3 is 18.0 Å². The lowest BCUT2D eigenvalue weighted by Gasteiger charge is -2.14. The highest BCUT2D eigenvalue weighted by atomic mass is 35.5. The van der Waals surface area contributed by atoms with Gasteiger partial charge in [0.15, 0.2) is 0 Å². The highest BCUT2D eigenvalue weighted by Crippen LogP contribution is 2.30. The van der Waals surface area contributed by atoms with E-state index >= 15 is 0 Å². The van der Waals surface area contributed by atoms with Crippen LogP contribution in [0.25, 0.3) is 11.4 Å². The third-order valence-corrected chi connectivity index (χ3v) is 5.14. The van der Waals surface area contributed by atoms with Crippen molar-refractivity contribution < 1.29 is 22.5 Å².